The molecule has 2 rings (SSSR count). The predicted molar refractivity (Wildman–Crippen MR) is 89.8 cm³/mol. The minimum absolute atomic E-state index is 0.422. The highest BCUT2D eigenvalue weighted by Crippen LogP contribution is 2.29. The van der Waals surface area contributed by atoms with E-state index in [0.29, 0.717) is 18.0 Å². The van der Waals surface area contributed by atoms with E-state index in [0.717, 1.165) is 28.0 Å². The van der Waals surface area contributed by atoms with Crippen LogP contribution < -0.4 is 15.4 Å². The van der Waals surface area contributed by atoms with Crippen molar-refractivity contribution in [3.05, 3.63) is 34.1 Å². The SMILES string of the molecule is CCc1nn(C)c(COc2cc(N(C)C)ccc2N)c1Br. The summed E-state index contributed by atoms with van der Waals surface area (Å²) in [6.45, 7) is 2.50. The van der Waals surface area contributed by atoms with E-state index in [-0.39, 0.29) is 0 Å². The van der Waals surface area contributed by atoms with Gasteiger partial charge in [0.25, 0.3) is 0 Å². The molecule has 114 valence electrons. The number of nitrogens with zero attached hydrogens (tertiary/aromatic N) is 3. The van der Waals surface area contributed by atoms with Crippen LogP contribution in [-0.2, 0) is 20.1 Å². The van der Waals surface area contributed by atoms with Gasteiger partial charge in [0, 0.05) is 32.9 Å². The first-order valence-electron chi connectivity index (χ1n) is 6.84. The van der Waals surface area contributed by atoms with Gasteiger partial charge in [-0.1, -0.05) is 6.92 Å². The zero-order chi connectivity index (χ0) is 15.6. The minimum Gasteiger partial charge on any atom is -0.485 e. The minimum atomic E-state index is 0.422. The molecule has 0 bridgehead atoms. The zero-order valence-electron chi connectivity index (χ0n) is 12.9. The van der Waals surface area contributed by atoms with Gasteiger partial charge in [-0.25, -0.2) is 0 Å². The van der Waals surface area contributed by atoms with Crippen LogP contribution in [0.1, 0.15) is 18.3 Å². The summed E-state index contributed by atoms with van der Waals surface area (Å²) in [4.78, 5) is 2.02. The molecule has 0 fully saturated rings. The number of hydrogen-bond acceptors (Lipinski definition) is 4. The van der Waals surface area contributed by atoms with Gasteiger partial charge in [0.05, 0.1) is 21.5 Å². The van der Waals surface area contributed by atoms with Gasteiger partial charge in [-0.05, 0) is 34.5 Å². The highest BCUT2D eigenvalue weighted by atomic mass is 79.9. The van der Waals surface area contributed by atoms with E-state index in [9.17, 15) is 0 Å². The number of aryl methyl sites for hydroxylation is 2. The number of nitrogens with two attached hydrogens (primary N) is 1. The first-order chi connectivity index (χ1) is 9.93. The molecule has 0 spiro atoms. The number of hydrogen-bond donors (Lipinski definition) is 1. The van der Waals surface area contributed by atoms with Gasteiger partial charge < -0.3 is 15.4 Å². The van der Waals surface area contributed by atoms with Crippen molar-refractivity contribution in [3.8, 4) is 5.75 Å². The Morgan fingerprint density at radius 3 is 2.67 bits per heavy atom. The lowest BCUT2D eigenvalue weighted by atomic mass is 10.2. The second-order valence-electron chi connectivity index (χ2n) is 5.09. The van der Waals surface area contributed by atoms with Gasteiger partial charge >= 0.3 is 0 Å². The smallest absolute Gasteiger partial charge is 0.144 e. The third-order valence-corrected chi connectivity index (χ3v) is 4.30. The standard InChI is InChI=1S/C15H21BrN4O/c1-5-12-15(16)13(20(4)18-12)9-21-14-8-10(19(2)3)6-7-11(14)17/h6-8H,5,9,17H2,1-4H3. The normalized spacial score (nSPS) is 10.7. The number of rotatable bonds is 5. The van der Waals surface area contributed by atoms with Gasteiger partial charge in [0.15, 0.2) is 0 Å². The molecule has 2 N–H and O–H groups in total. The van der Waals surface area contributed by atoms with Crippen LogP contribution >= 0.6 is 15.9 Å². The lowest BCUT2D eigenvalue weighted by Gasteiger charge is -2.16. The first-order valence-corrected chi connectivity index (χ1v) is 7.63. The lowest BCUT2D eigenvalue weighted by molar-refractivity contribution is 0.296. The van der Waals surface area contributed by atoms with Crippen LogP contribution in [0.25, 0.3) is 0 Å². The summed E-state index contributed by atoms with van der Waals surface area (Å²) in [7, 11) is 5.89. The second-order valence-corrected chi connectivity index (χ2v) is 5.88. The summed E-state index contributed by atoms with van der Waals surface area (Å²) in [6, 6.07) is 5.78. The van der Waals surface area contributed by atoms with E-state index in [1.807, 2.05) is 48.9 Å². The molecule has 0 aliphatic rings. The zero-order valence-corrected chi connectivity index (χ0v) is 14.4. The Bertz CT molecular complexity index is 637. The molecule has 0 amide bonds. The Balaban J connectivity index is 2.20. The monoisotopic (exact) mass is 352 g/mol. The van der Waals surface area contributed by atoms with Gasteiger partial charge in [0.1, 0.15) is 12.4 Å². The summed E-state index contributed by atoms with van der Waals surface area (Å²) >= 11 is 3.59. The number of nitrogen functional groups attached to an aromatic ring is 1. The van der Waals surface area contributed by atoms with Crippen molar-refractivity contribution in [1.29, 1.82) is 0 Å². The molecule has 6 heteroatoms. The molecule has 0 atom stereocenters. The van der Waals surface area contributed by atoms with Crippen molar-refractivity contribution in [2.24, 2.45) is 7.05 Å². The van der Waals surface area contributed by atoms with Gasteiger partial charge in [-0.15, -0.1) is 0 Å². The third-order valence-electron chi connectivity index (χ3n) is 3.38. The summed E-state index contributed by atoms with van der Waals surface area (Å²) in [5.74, 6) is 0.687. The van der Waals surface area contributed by atoms with Crippen LogP contribution in [0, 0.1) is 0 Å². The summed E-state index contributed by atoms with van der Waals surface area (Å²) in [5, 5.41) is 4.46. The fourth-order valence-electron chi connectivity index (χ4n) is 2.05. The number of aromatic nitrogens is 2. The van der Waals surface area contributed by atoms with Crippen molar-refractivity contribution < 1.29 is 4.74 Å². The Hall–Kier alpha value is -1.69. The molecule has 1 aromatic carbocycles. The van der Waals surface area contributed by atoms with E-state index < -0.39 is 0 Å². The van der Waals surface area contributed by atoms with Crippen LogP contribution in [0.5, 0.6) is 5.75 Å². The quantitative estimate of drug-likeness (QED) is 0.840. The van der Waals surface area contributed by atoms with Crippen molar-refractivity contribution in [3.63, 3.8) is 0 Å². The fraction of sp³-hybridized carbons (Fsp3) is 0.400. The van der Waals surface area contributed by atoms with Gasteiger partial charge in [-0.2, -0.15) is 5.10 Å². The lowest BCUT2D eigenvalue weighted by Crippen LogP contribution is -2.10. The molecular formula is C15H21BrN4O. The maximum absolute atomic E-state index is 5.98. The summed E-state index contributed by atoms with van der Waals surface area (Å²) < 4.78 is 8.74. The molecular weight excluding hydrogens is 332 g/mol. The summed E-state index contributed by atoms with van der Waals surface area (Å²) in [5.41, 5.74) is 9.71. The fourth-order valence-corrected chi connectivity index (χ4v) is 2.78. The third kappa shape index (κ3) is 3.32. The Morgan fingerprint density at radius 1 is 1.38 bits per heavy atom. The molecule has 1 aromatic heterocycles. The number of halogens is 1. The first kappa shape index (κ1) is 15.7. The van der Waals surface area contributed by atoms with E-state index >= 15 is 0 Å². The predicted octanol–water partition coefficient (Wildman–Crippen LogP) is 2.97. The van der Waals surface area contributed by atoms with E-state index in [4.69, 9.17) is 10.5 Å². The van der Waals surface area contributed by atoms with E-state index in [1.54, 1.807) is 0 Å². The van der Waals surface area contributed by atoms with Gasteiger partial charge in [0.2, 0.25) is 0 Å². The van der Waals surface area contributed by atoms with Crippen molar-refractivity contribution in [2.75, 3.05) is 24.7 Å². The van der Waals surface area contributed by atoms with Crippen molar-refractivity contribution >= 4 is 27.3 Å². The summed E-state index contributed by atoms with van der Waals surface area (Å²) in [6.07, 6.45) is 0.882. The average molecular weight is 353 g/mol. The maximum Gasteiger partial charge on any atom is 0.144 e. The van der Waals surface area contributed by atoms with Crippen molar-refractivity contribution in [1.82, 2.24) is 9.78 Å². The second kappa shape index (κ2) is 6.39. The molecule has 1 heterocycles. The molecule has 5 nitrogen and oxygen atoms in total. The molecule has 21 heavy (non-hydrogen) atoms. The number of benzene rings is 1. The Kier molecular flexibility index (Phi) is 4.77. The Labute approximate surface area is 133 Å². The van der Waals surface area contributed by atoms with Gasteiger partial charge in [-0.3, -0.25) is 4.68 Å². The van der Waals surface area contributed by atoms with Crippen LogP contribution in [0.2, 0.25) is 0 Å². The highest BCUT2D eigenvalue weighted by molar-refractivity contribution is 9.10. The molecule has 0 aliphatic heterocycles. The van der Waals surface area contributed by atoms with Crippen LogP contribution in [0.4, 0.5) is 11.4 Å². The van der Waals surface area contributed by atoms with Crippen LogP contribution in [-0.4, -0.2) is 23.9 Å². The molecule has 0 aliphatic carbocycles. The number of ether oxygens (including phenoxy) is 1. The highest BCUT2D eigenvalue weighted by Gasteiger charge is 2.14. The van der Waals surface area contributed by atoms with Crippen LogP contribution in [0.3, 0.4) is 0 Å². The van der Waals surface area contributed by atoms with Crippen LogP contribution in [0.15, 0.2) is 22.7 Å². The molecule has 0 radical (unpaired) electrons. The molecule has 0 unspecified atom stereocenters. The van der Waals surface area contributed by atoms with E-state index in [1.165, 1.54) is 0 Å². The molecule has 2 aromatic rings. The Morgan fingerprint density at radius 2 is 2.10 bits per heavy atom. The van der Waals surface area contributed by atoms with Crippen molar-refractivity contribution in [2.45, 2.75) is 20.0 Å². The average Bonchev–Trinajstić information content (AvgIpc) is 2.72. The number of anilines is 2. The maximum atomic E-state index is 5.98. The molecule has 0 saturated carbocycles. The topological polar surface area (TPSA) is 56.3 Å². The molecule has 0 saturated heterocycles. The largest absolute Gasteiger partial charge is 0.485 e. The van der Waals surface area contributed by atoms with E-state index in [2.05, 4.69) is 28.0 Å².